The second-order valence-corrected chi connectivity index (χ2v) is 10.3. The monoisotopic (exact) mass is 605 g/mol. The number of thiazole rings is 1. The van der Waals surface area contributed by atoms with Gasteiger partial charge in [0.15, 0.2) is 4.80 Å². The van der Waals surface area contributed by atoms with Crippen molar-refractivity contribution >= 4 is 29.1 Å². The summed E-state index contributed by atoms with van der Waals surface area (Å²) in [6.45, 7) is 3.52. The number of esters is 1. The topological polar surface area (TPSA) is 145 Å². The van der Waals surface area contributed by atoms with Crippen LogP contribution in [0.2, 0.25) is 0 Å². The van der Waals surface area contributed by atoms with Crippen molar-refractivity contribution in [2.24, 2.45) is 4.99 Å². The first-order valence-electron chi connectivity index (χ1n) is 13.0. The Balaban J connectivity index is 1.66. The molecule has 222 valence electrons. The van der Waals surface area contributed by atoms with Crippen molar-refractivity contribution in [1.82, 2.24) is 4.57 Å². The van der Waals surface area contributed by atoms with Gasteiger partial charge in [-0.15, -0.1) is 0 Å². The van der Waals surface area contributed by atoms with E-state index in [-0.39, 0.29) is 33.7 Å². The zero-order valence-electron chi connectivity index (χ0n) is 23.9. The van der Waals surface area contributed by atoms with Crippen LogP contribution in [-0.2, 0) is 9.53 Å². The molecule has 1 aliphatic heterocycles. The third kappa shape index (κ3) is 5.42. The van der Waals surface area contributed by atoms with Gasteiger partial charge in [-0.05, 0) is 50.2 Å². The molecule has 0 spiro atoms. The second-order valence-electron chi connectivity index (χ2n) is 9.25. The van der Waals surface area contributed by atoms with Gasteiger partial charge >= 0.3 is 5.97 Å². The smallest absolute Gasteiger partial charge is 0.338 e. The van der Waals surface area contributed by atoms with Crippen LogP contribution in [0.1, 0.15) is 31.2 Å². The van der Waals surface area contributed by atoms with Crippen molar-refractivity contribution in [3.05, 3.63) is 101 Å². The Labute approximate surface area is 248 Å². The van der Waals surface area contributed by atoms with Gasteiger partial charge in [0.1, 0.15) is 34.8 Å². The normalized spacial score (nSPS) is 14.6. The van der Waals surface area contributed by atoms with E-state index in [1.54, 1.807) is 50.2 Å². The molecule has 12 nitrogen and oxygen atoms in total. The molecular formula is C30H27N3O9S. The Hall–Kier alpha value is -5.17. The lowest BCUT2D eigenvalue weighted by Crippen LogP contribution is -2.40. The van der Waals surface area contributed by atoms with Gasteiger partial charge in [0, 0.05) is 17.7 Å². The molecule has 4 aromatic rings. The van der Waals surface area contributed by atoms with Crippen LogP contribution in [0.4, 0.5) is 5.69 Å². The van der Waals surface area contributed by atoms with Crippen molar-refractivity contribution in [2.45, 2.75) is 19.9 Å². The van der Waals surface area contributed by atoms with Crippen LogP contribution < -0.4 is 29.1 Å². The van der Waals surface area contributed by atoms with Gasteiger partial charge in [-0.1, -0.05) is 11.3 Å². The number of rotatable bonds is 9. The molecule has 0 amide bonds. The Morgan fingerprint density at radius 3 is 2.49 bits per heavy atom. The number of benzene rings is 2. The van der Waals surface area contributed by atoms with Crippen LogP contribution in [0.15, 0.2) is 74.0 Å². The van der Waals surface area contributed by atoms with E-state index in [0.717, 1.165) is 11.3 Å². The zero-order chi connectivity index (χ0) is 30.8. The van der Waals surface area contributed by atoms with Crippen molar-refractivity contribution in [3.63, 3.8) is 0 Å². The maximum Gasteiger partial charge on any atom is 0.338 e. The number of allylic oxidation sites excluding steroid dienone is 1. The fourth-order valence-corrected chi connectivity index (χ4v) is 5.86. The molecular weight excluding hydrogens is 578 g/mol. The van der Waals surface area contributed by atoms with Gasteiger partial charge in [-0.3, -0.25) is 19.5 Å². The van der Waals surface area contributed by atoms with Gasteiger partial charge in [0.05, 0.1) is 60.3 Å². The number of furan rings is 1. The van der Waals surface area contributed by atoms with E-state index in [1.165, 1.54) is 44.1 Å². The van der Waals surface area contributed by atoms with Crippen LogP contribution in [0.25, 0.3) is 17.4 Å². The summed E-state index contributed by atoms with van der Waals surface area (Å²) in [5.41, 5.74) is 0.801. The maximum absolute atomic E-state index is 13.9. The van der Waals surface area contributed by atoms with Crippen LogP contribution in [0.5, 0.6) is 17.2 Å². The van der Waals surface area contributed by atoms with E-state index >= 15 is 0 Å². The summed E-state index contributed by atoms with van der Waals surface area (Å²) in [7, 11) is 4.44. The number of carbonyl (C=O) groups is 1. The molecule has 5 rings (SSSR count). The third-order valence-electron chi connectivity index (χ3n) is 6.82. The van der Waals surface area contributed by atoms with Gasteiger partial charge in [0.2, 0.25) is 0 Å². The molecule has 2 aromatic heterocycles. The standard InChI is InChI=1S/C30H27N3O9S/c1-6-41-29(35)26-16(2)31-30-32(27(26)21-11-8-18(39-4)14-24(21)40-5)28(34)25(43-30)15-19-9-12-23(42-19)20-10-7-17(38-3)13-22(20)33(36)37/h7-15,27H,6H2,1-5H3/b25-15-. The molecule has 1 atom stereocenters. The highest BCUT2D eigenvalue weighted by molar-refractivity contribution is 7.07. The molecule has 0 radical (unpaired) electrons. The van der Waals surface area contributed by atoms with E-state index in [2.05, 4.69) is 4.99 Å². The lowest BCUT2D eigenvalue weighted by atomic mass is 9.95. The number of nitro groups is 1. The largest absolute Gasteiger partial charge is 0.497 e. The van der Waals surface area contributed by atoms with Gasteiger partial charge < -0.3 is 23.4 Å². The highest BCUT2D eigenvalue weighted by Crippen LogP contribution is 2.38. The maximum atomic E-state index is 13.9. The molecule has 1 aliphatic rings. The first kappa shape index (κ1) is 29.3. The lowest BCUT2D eigenvalue weighted by molar-refractivity contribution is -0.384. The summed E-state index contributed by atoms with van der Waals surface area (Å²) in [6.07, 6.45) is 1.54. The predicted molar refractivity (Wildman–Crippen MR) is 157 cm³/mol. The summed E-state index contributed by atoms with van der Waals surface area (Å²) < 4.78 is 29.1. The Morgan fingerprint density at radius 1 is 1.09 bits per heavy atom. The molecule has 0 fully saturated rings. The molecule has 2 aromatic carbocycles. The molecule has 0 saturated carbocycles. The van der Waals surface area contributed by atoms with Crippen LogP contribution in [0.3, 0.4) is 0 Å². The molecule has 0 N–H and O–H groups in total. The summed E-state index contributed by atoms with van der Waals surface area (Å²) in [4.78, 5) is 43.2. The minimum Gasteiger partial charge on any atom is -0.497 e. The van der Waals surface area contributed by atoms with Crippen molar-refractivity contribution in [2.75, 3.05) is 27.9 Å². The summed E-state index contributed by atoms with van der Waals surface area (Å²) >= 11 is 1.12. The van der Waals surface area contributed by atoms with Crippen molar-refractivity contribution in [3.8, 4) is 28.6 Å². The quantitative estimate of drug-likeness (QED) is 0.157. The number of fused-ring (bicyclic) bond motifs is 1. The van der Waals surface area contributed by atoms with Gasteiger partial charge in [-0.2, -0.15) is 0 Å². The van der Waals surface area contributed by atoms with Crippen molar-refractivity contribution in [1.29, 1.82) is 0 Å². The molecule has 0 saturated heterocycles. The number of hydrogen-bond acceptors (Lipinski definition) is 11. The number of nitro benzene ring substituents is 1. The number of ether oxygens (including phenoxy) is 4. The van der Waals surface area contributed by atoms with E-state index in [9.17, 15) is 19.7 Å². The predicted octanol–water partition coefficient (Wildman–Crippen LogP) is 3.99. The van der Waals surface area contributed by atoms with Gasteiger partial charge in [0.25, 0.3) is 11.2 Å². The zero-order valence-corrected chi connectivity index (χ0v) is 24.7. The number of carbonyl (C=O) groups excluding carboxylic acids is 1. The van der Waals surface area contributed by atoms with E-state index < -0.39 is 22.5 Å². The van der Waals surface area contributed by atoms with Crippen LogP contribution >= 0.6 is 11.3 Å². The lowest BCUT2D eigenvalue weighted by Gasteiger charge is -2.26. The average Bonchev–Trinajstić information content (AvgIpc) is 3.59. The summed E-state index contributed by atoms with van der Waals surface area (Å²) in [5, 5.41) is 11.7. The molecule has 0 aliphatic carbocycles. The van der Waals surface area contributed by atoms with E-state index in [0.29, 0.717) is 39.1 Å². The first-order valence-corrected chi connectivity index (χ1v) is 13.9. The highest BCUT2D eigenvalue weighted by Gasteiger charge is 2.35. The number of nitrogens with zero attached hydrogens (tertiary/aromatic N) is 3. The SMILES string of the molecule is CCOC(=O)C1=C(C)N=c2s/c(=C\c3ccc(-c4ccc(OC)cc4[N+](=O)[O-])o3)c(=O)n2C1c1ccc(OC)cc1OC. The molecule has 1 unspecified atom stereocenters. The number of aromatic nitrogens is 1. The molecule has 13 heteroatoms. The number of hydrogen-bond donors (Lipinski definition) is 0. The van der Waals surface area contributed by atoms with Crippen LogP contribution in [-0.4, -0.2) is 43.4 Å². The first-order chi connectivity index (χ1) is 20.7. The fraction of sp³-hybridized carbons (Fsp3) is 0.233. The molecule has 0 bridgehead atoms. The Bertz CT molecular complexity index is 1950. The Morgan fingerprint density at radius 2 is 1.81 bits per heavy atom. The van der Waals surface area contributed by atoms with Crippen LogP contribution in [0, 0.1) is 10.1 Å². The third-order valence-corrected chi connectivity index (χ3v) is 7.80. The van der Waals surface area contributed by atoms with E-state index in [1.807, 2.05) is 0 Å². The summed E-state index contributed by atoms with van der Waals surface area (Å²) in [5.74, 6) is 1.23. The fourth-order valence-electron chi connectivity index (χ4n) is 4.83. The Kier molecular flexibility index (Phi) is 8.17. The van der Waals surface area contributed by atoms with Gasteiger partial charge in [-0.25, -0.2) is 9.79 Å². The average molecular weight is 606 g/mol. The van der Waals surface area contributed by atoms with Crippen molar-refractivity contribution < 1.29 is 33.1 Å². The second kappa shape index (κ2) is 12.0. The minimum absolute atomic E-state index is 0.139. The van der Waals surface area contributed by atoms with E-state index in [4.69, 9.17) is 23.4 Å². The number of methoxy groups -OCH3 is 3. The highest BCUT2D eigenvalue weighted by atomic mass is 32.1. The minimum atomic E-state index is -0.896. The summed E-state index contributed by atoms with van der Waals surface area (Å²) in [6, 6.07) is 11.9. The molecule has 3 heterocycles. The molecule has 43 heavy (non-hydrogen) atoms.